The molecule has 8 heteroatoms. The maximum Gasteiger partial charge on any atom is 0.259 e. The first-order valence-corrected chi connectivity index (χ1v) is 9.58. The second kappa shape index (κ2) is 7.76. The standard InChI is InChI=1S/C21H16N4O3S/c22-19(27)13-7-9-14(10-8-13)24-18(26)12-25-16-5-3-11-23-20(16)29-17-6-2-1-4-15(17)21(25)28/h1-11H,12H2,(H2,22,27)(H,24,26). The van der Waals surface area contributed by atoms with Crippen molar-refractivity contribution in [3.8, 4) is 0 Å². The van der Waals surface area contributed by atoms with E-state index < -0.39 is 5.91 Å². The molecular formula is C21H16N4O3S. The molecule has 0 saturated carbocycles. The summed E-state index contributed by atoms with van der Waals surface area (Å²) in [6.45, 7) is -0.177. The van der Waals surface area contributed by atoms with Crippen LogP contribution in [0.3, 0.4) is 0 Å². The molecular weight excluding hydrogens is 388 g/mol. The number of carbonyl (C=O) groups excluding carboxylic acids is 3. The molecule has 0 spiro atoms. The lowest BCUT2D eigenvalue weighted by molar-refractivity contribution is -0.114. The van der Waals surface area contributed by atoms with Crippen LogP contribution in [0, 0.1) is 0 Å². The van der Waals surface area contributed by atoms with Crippen molar-refractivity contribution in [2.24, 2.45) is 5.73 Å². The first-order valence-electron chi connectivity index (χ1n) is 8.76. The van der Waals surface area contributed by atoms with Crippen molar-refractivity contribution in [1.82, 2.24) is 4.98 Å². The lowest BCUT2D eigenvalue weighted by atomic mass is 10.2. The molecule has 1 aliphatic heterocycles. The Morgan fingerprint density at radius 3 is 2.55 bits per heavy atom. The van der Waals surface area contributed by atoms with Crippen molar-refractivity contribution in [1.29, 1.82) is 0 Å². The lowest BCUT2D eigenvalue weighted by Gasteiger charge is -2.22. The smallest absolute Gasteiger partial charge is 0.259 e. The fourth-order valence-electron chi connectivity index (χ4n) is 2.98. The SMILES string of the molecule is NC(=O)c1ccc(NC(=O)CN2C(=O)c3ccccc3Sc3ncccc32)cc1. The highest BCUT2D eigenvalue weighted by Gasteiger charge is 2.29. The predicted octanol–water partition coefficient (Wildman–Crippen LogP) is 2.93. The molecule has 0 aliphatic carbocycles. The van der Waals surface area contributed by atoms with E-state index in [4.69, 9.17) is 5.73 Å². The lowest BCUT2D eigenvalue weighted by Crippen LogP contribution is -2.38. The summed E-state index contributed by atoms with van der Waals surface area (Å²) in [7, 11) is 0. The number of amides is 3. The quantitative estimate of drug-likeness (QED) is 0.696. The molecule has 1 aromatic heterocycles. The van der Waals surface area contributed by atoms with Gasteiger partial charge in [-0.05, 0) is 48.5 Å². The molecule has 1 aliphatic rings. The number of benzene rings is 2. The van der Waals surface area contributed by atoms with Crippen LogP contribution in [0.1, 0.15) is 20.7 Å². The average Bonchev–Trinajstić information content (AvgIpc) is 2.83. The van der Waals surface area contributed by atoms with Gasteiger partial charge in [-0.25, -0.2) is 4.98 Å². The average molecular weight is 404 g/mol. The molecule has 0 saturated heterocycles. The van der Waals surface area contributed by atoms with Crippen molar-refractivity contribution >= 4 is 40.9 Å². The Bertz CT molecular complexity index is 1110. The van der Waals surface area contributed by atoms with Gasteiger partial charge in [0.05, 0.1) is 11.3 Å². The van der Waals surface area contributed by atoms with Gasteiger partial charge in [0.2, 0.25) is 11.8 Å². The number of hydrogen-bond acceptors (Lipinski definition) is 5. The van der Waals surface area contributed by atoms with Crippen LogP contribution < -0.4 is 16.0 Å². The number of anilines is 2. The molecule has 4 rings (SSSR count). The van der Waals surface area contributed by atoms with Crippen molar-refractivity contribution in [2.45, 2.75) is 9.92 Å². The van der Waals surface area contributed by atoms with Crippen LogP contribution in [0.15, 0.2) is 76.8 Å². The van der Waals surface area contributed by atoms with E-state index in [0.717, 1.165) is 4.90 Å². The van der Waals surface area contributed by atoms with Gasteiger partial charge in [-0.1, -0.05) is 23.9 Å². The molecule has 0 fully saturated rings. The van der Waals surface area contributed by atoms with Gasteiger partial charge in [-0.15, -0.1) is 0 Å². The van der Waals surface area contributed by atoms with Gasteiger partial charge < -0.3 is 11.1 Å². The number of fused-ring (bicyclic) bond motifs is 2. The molecule has 3 N–H and O–H groups in total. The van der Waals surface area contributed by atoms with Gasteiger partial charge >= 0.3 is 0 Å². The molecule has 0 radical (unpaired) electrons. The third kappa shape index (κ3) is 3.83. The number of carbonyl (C=O) groups is 3. The van der Waals surface area contributed by atoms with Crippen molar-refractivity contribution in [3.63, 3.8) is 0 Å². The highest BCUT2D eigenvalue weighted by molar-refractivity contribution is 7.99. The van der Waals surface area contributed by atoms with E-state index in [1.807, 2.05) is 12.1 Å². The van der Waals surface area contributed by atoms with Gasteiger partial charge in [0.15, 0.2) is 0 Å². The van der Waals surface area contributed by atoms with Gasteiger partial charge in [0.1, 0.15) is 11.6 Å². The third-order valence-corrected chi connectivity index (χ3v) is 5.45. The molecule has 2 aromatic carbocycles. The molecule has 3 aromatic rings. The Kier molecular flexibility index (Phi) is 5.01. The second-order valence-corrected chi connectivity index (χ2v) is 7.34. The van der Waals surface area contributed by atoms with Crippen LogP contribution in [-0.2, 0) is 4.79 Å². The zero-order chi connectivity index (χ0) is 20.4. The summed E-state index contributed by atoms with van der Waals surface area (Å²) in [4.78, 5) is 43.6. The topological polar surface area (TPSA) is 105 Å². The normalized spacial score (nSPS) is 12.6. The first-order chi connectivity index (χ1) is 14.0. The van der Waals surface area contributed by atoms with Gasteiger partial charge in [0, 0.05) is 22.3 Å². The molecule has 0 unspecified atom stereocenters. The highest BCUT2D eigenvalue weighted by Crippen LogP contribution is 2.39. The third-order valence-electron chi connectivity index (χ3n) is 4.37. The van der Waals surface area contributed by atoms with Gasteiger partial charge in [-0.2, -0.15) is 0 Å². The summed E-state index contributed by atoms with van der Waals surface area (Å²) in [6.07, 6.45) is 1.66. The largest absolute Gasteiger partial charge is 0.366 e. The van der Waals surface area contributed by atoms with Gasteiger partial charge in [0.25, 0.3) is 5.91 Å². The molecule has 7 nitrogen and oxygen atoms in total. The molecule has 0 atom stereocenters. The summed E-state index contributed by atoms with van der Waals surface area (Å²) in [5, 5.41) is 3.40. The molecule has 144 valence electrons. The first kappa shape index (κ1) is 18.7. The van der Waals surface area contributed by atoms with Crippen molar-refractivity contribution in [3.05, 3.63) is 78.0 Å². The fourth-order valence-corrected chi connectivity index (χ4v) is 3.99. The van der Waals surface area contributed by atoms with E-state index in [1.54, 1.807) is 42.6 Å². The molecule has 0 bridgehead atoms. The number of nitrogens with one attached hydrogen (secondary N) is 1. The zero-order valence-corrected chi connectivity index (χ0v) is 16.0. The van der Waals surface area contributed by atoms with E-state index >= 15 is 0 Å². The molecule has 3 amide bonds. The summed E-state index contributed by atoms with van der Waals surface area (Å²) in [5.41, 5.74) is 7.18. The van der Waals surface area contributed by atoms with Crippen molar-refractivity contribution in [2.75, 3.05) is 16.8 Å². The van der Waals surface area contributed by atoms with Crippen molar-refractivity contribution < 1.29 is 14.4 Å². The Morgan fingerprint density at radius 1 is 1.03 bits per heavy atom. The second-order valence-electron chi connectivity index (χ2n) is 6.31. The fraction of sp³-hybridized carbons (Fsp3) is 0.0476. The number of pyridine rings is 1. The minimum atomic E-state index is -0.543. The monoisotopic (exact) mass is 404 g/mol. The zero-order valence-electron chi connectivity index (χ0n) is 15.2. The highest BCUT2D eigenvalue weighted by atomic mass is 32.2. The van der Waals surface area contributed by atoms with E-state index in [9.17, 15) is 14.4 Å². The summed E-state index contributed by atoms with van der Waals surface area (Å²) in [6, 6.07) is 17.0. The summed E-state index contributed by atoms with van der Waals surface area (Å²) in [5.74, 6) is -1.18. The van der Waals surface area contributed by atoms with Gasteiger partial charge in [-0.3, -0.25) is 19.3 Å². The number of rotatable bonds is 4. The van der Waals surface area contributed by atoms with Crippen LogP contribution in [-0.4, -0.2) is 29.3 Å². The van der Waals surface area contributed by atoms with Crippen LogP contribution in [0.2, 0.25) is 0 Å². The summed E-state index contributed by atoms with van der Waals surface area (Å²) >= 11 is 1.40. The molecule has 29 heavy (non-hydrogen) atoms. The Labute approximate surface area is 170 Å². The Hall–Kier alpha value is -3.65. The van der Waals surface area contributed by atoms with E-state index in [0.29, 0.717) is 27.5 Å². The minimum Gasteiger partial charge on any atom is -0.366 e. The predicted molar refractivity (Wildman–Crippen MR) is 110 cm³/mol. The van der Waals surface area contributed by atoms with Crippen LogP contribution in [0.4, 0.5) is 11.4 Å². The van der Waals surface area contributed by atoms with E-state index in [-0.39, 0.29) is 18.4 Å². The molecule has 2 heterocycles. The Balaban J connectivity index is 1.60. The number of primary amides is 1. The van der Waals surface area contributed by atoms with E-state index in [1.165, 1.54) is 28.8 Å². The van der Waals surface area contributed by atoms with Crippen LogP contribution in [0.25, 0.3) is 0 Å². The Morgan fingerprint density at radius 2 is 1.79 bits per heavy atom. The number of aromatic nitrogens is 1. The maximum absolute atomic E-state index is 13.2. The van der Waals surface area contributed by atoms with Crippen LogP contribution in [0.5, 0.6) is 0 Å². The van der Waals surface area contributed by atoms with E-state index in [2.05, 4.69) is 10.3 Å². The summed E-state index contributed by atoms with van der Waals surface area (Å²) < 4.78 is 0. The minimum absolute atomic E-state index is 0.177. The number of nitrogens with two attached hydrogens (primary N) is 1. The van der Waals surface area contributed by atoms with Crippen LogP contribution >= 0.6 is 11.8 Å². The maximum atomic E-state index is 13.2. The number of nitrogens with zero attached hydrogens (tertiary/aromatic N) is 2. The number of hydrogen-bond donors (Lipinski definition) is 2.